The topological polar surface area (TPSA) is 384 Å². The van der Waals surface area contributed by atoms with Crippen molar-refractivity contribution >= 4 is 64.9 Å². The number of nitro groups is 2. The number of fused-ring (bicyclic) bond motifs is 2. The number of rotatable bonds is 18. The van der Waals surface area contributed by atoms with Crippen LogP contribution in [0.25, 0.3) is 26.2 Å². The Morgan fingerprint density at radius 3 is 1.44 bits per heavy atom. The molecule has 98 heavy (non-hydrogen) atoms. The summed E-state index contributed by atoms with van der Waals surface area (Å²) in [5, 5.41) is 33.8. The molecule has 8 aromatic carbocycles. The Bertz CT molecular complexity index is 4970. The summed E-state index contributed by atoms with van der Waals surface area (Å²) >= 11 is 0. The van der Waals surface area contributed by atoms with Gasteiger partial charge in [0.2, 0.25) is 20.0 Å². The van der Waals surface area contributed by atoms with Gasteiger partial charge in [0.15, 0.2) is 21.4 Å². The SMILES string of the molecule is CS(=O)(=O)O[C@H](CN=[N+]=[N-])[C@@H](c1ccc(C#Cc2ccccc2)cc1)[C@H]1CN1S(=O)(=O)c1ccccc1[N+](=O)[O-].O=C1[N-]C(=O)c2ccccc21.[K+].[N-]=[N+]=NC[C@H]1[C@@H](c2ccc(C#Cc3ccccc3)cc2)[C@@H](CC2C(=O)c3ccccc3C2=O)N1S(=O)(=O)c1ccccc1[N+](=O)[O-]. The van der Waals surface area contributed by atoms with Gasteiger partial charge in [-0.2, -0.15) is 17.0 Å². The van der Waals surface area contributed by atoms with E-state index in [9.17, 15) is 64.7 Å². The zero-order valence-corrected chi connectivity index (χ0v) is 57.3. The monoisotopic (exact) mass is 1400 g/mol. The number of carbonyl (C=O) groups excluding carboxylic acids is 4. The summed E-state index contributed by atoms with van der Waals surface area (Å²) in [6, 6.07) is 52.9. The molecule has 0 aromatic heterocycles. The Morgan fingerprint density at radius 1 is 0.561 bits per heavy atom. The summed E-state index contributed by atoms with van der Waals surface area (Å²) in [5.41, 5.74) is 22.4. The average molecular weight is 1400 g/mol. The molecule has 12 rings (SSSR count). The number of azide groups is 2. The Morgan fingerprint density at radius 2 is 0.980 bits per heavy atom. The van der Waals surface area contributed by atoms with Crippen LogP contribution in [0, 0.1) is 49.8 Å². The van der Waals surface area contributed by atoms with E-state index in [1.165, 1.54) is 24.3 Å². The molecule has 8 aromatic rings. The van der Waals surface area contributed by atoms with Crippen LogP contribution in [0.4, 0.5) is 11.4 Å². The number of para-hydroxylation sites is 2. The van der Waals surface area contributed by atoms with Crippen molar-refractivity contribution in [3.05, 3.63) is 308 Å². The standard InChI is InChI=1S/C34H25N5O6S.C26H23N5O7S2.C8H5NO2.K/c35-37-36-21-30-32(24-18-16-23(17-19-24)15-14-22-8-2-1-3-9-22)29(20-27-33(40)25-10-4-5-11-26(25)34(27)41)38(30)46(44,45)31-13-7-6-12-28(31)39(42)43;1-39(34,35)38-24(17-28-29-27)26(21-15-13-20(14-16-21)12-11-19-7-3-2-4-8-19)23-18-30(23)40(36,37)25-10-6-5-9-22(25)31(32)33;10-7-5-3-1-2-4-6(5)8(11)9-7;/h1-13,16-19,27,29-30,32H,20-21H2;2-10,13-16,23-24,26H,17-18H2,1H3;1-4H,(H,9,10,11);/q;;;+1/p-1/t29-,30+,32+;23-,24-,26+,30?;;/m11../s1. The second-order valence-electron chi connectivity index (χ2n) is 22.1. The van der Waals surface area contributed by atoms with Gasteiger partial charge >= 0.3 is 51.4 Å². The van der Waals surface area contributed by atoms with E-state index in [1.807, 2.05) is 60.7 Å². The van der Waals surface area contributed by atoms with Crippen LogP contribution in [0.1, 0.15) is 93.1 Å². The smallest absolute Gasteiger partial charge is 0.587 e. The molecule has 1 aliphatic carbocycles. The fourth-order valence-electron chi connectivity index (χ4n) is 11.8. The van der Waals surface area contributed by atoms with Crippen molar-refractivity contribution in [2.24, 2.45) is 16.1 Å². The first-order chi connectivity index (χ1) is 46.5. The molecule has 1 unspecified atom stereocenters. The van der Waals surface area contributed by atoms with Crippen LogP contribution >= 0.6 is 0 Å². The Balaban J connectivity index is 0.000000197. The summed E-state index contributed by atoms with van der Waals surface area (Å²) in [6.07, 6.45) is -0.577. The third-order valence-corrected chi connectivity index (χ3v) is 20.7. The van der Waals surface area contributed by atoms with Crippen molar-refractivity contribution in [2.45, 2.75) is 52.3 Å². The van der Waals surface area contributed by atoms with Gasteiger partial charge in [0.05, 0.1) is 46.5 Å². The second kappa shape index (κ2) is 31.6. The largest absolute Gasteiger partial charge is 1.00 e. The van der Waals surface area contributed by atoms with Crippen molar-refractivity contribution in [2.75, 3.05) is 25.9 Å². The molecule has 2 saturated heterocycles. The van der Waals surface area contributed by atoms with E-state index in [2.05, 4.69) is 49.1 Å². The minimum absolute atomic E-state index is 0. The number of amides is 2. The average Bonchev–Trinajstić information content (AvgIpc) is 1.41. The quantitative estimate of drug-likeness (QED) is 0.00669. The van der Waals surface area contributed by atoms with Crippen molar-refractivity contribution < 1.29 is 110 Å². The van der Waals surface area contributed by atoms with Gasteiger partial charge in [-0.25, -0.2) is 16.8 Å². The number of benzene rings is 8. The summed E-state index contributed by atoms with van der Waals surface area (Å²) < 4.78 is 86.9. The second-order valence-corrected chi connectivity index (χ2v) is 27.4. The summed E-state index contributed by atoms with van der Waals surface area (Å²) in [5.74, 6) is 7.93. The first-order valence-corrected chi connectivity index (χ1v) is 34.0. The van der Waals surface area contributed by atoms with Gasteiger partial charge in [0.1, 0.15) is 0 Å². The zero-order chi connectivity index (χ0) is 69.2. The van der Waals surface area contributed by atoms with E-state index in [-0.39, 0.29) is 82.0 Å². The third kappa shape index (κ3) is 16.4. The first-order valence-electron chi connectivity index (χ1n) is 29.4. The predicted octanol–water partition coefficient (Wildman–Crippen LogP) is 8.08. The molecule has 0 radical (unpaired) electrons. The van der Waals surface area contributed by atoms with E-state index < -0.39 is 133 Å². The fourth-order valence-corrected chi connectivity index (χ4v) is 16.1. The minimum atomic E-state index is -4.58. The molecular weight excluding hydrogens is 1350 g/mol. The van der Waals surface area contributed by atoms with Gasteiger partial charge in [-0.1, -0.05) is 167 Å². The number of Topliss-reactive ketones (excluding diaryl/α,β-unsaturated/α-hetero) is 2. The maximum absolute atomic E-state index is 14.2. The van der Waals surface area contributed by atoms with Gasteiger partial charge in [-0.15, -0.1) is 0 Å². The molecule has 7 atom stereocenters. The minimum Gasteiger partial charge on any atom is -0.587 e. The number of hydrogen-bond acceptors (Lipinski definition) is 17. The van der Waals surface area contributed by atoms with Gasteiger partial charge in [0.25, 0.3) is 21.5 Å². The molecule has 3 heterocycles. The van der Waals surface area contributed by atoms with E-state index in [1.54, 1.807) is 97.1 Å². The molecule has 488 valence electrons. The molecule has 0 bridgehead atoms. The van der Waals surface area contributed by atoms with Crippen LogP contribution in [0.15, 0.2) is 226 Å². The normalized spacial score (nSPS) is 18.0. The summed E-state index contributed by atoms with van der Waals surface area (Å²) in [4.78, 5) is 74.9. The first kappa shape index (κ1) is 72.4. The predicted molar refractivity (Wildman–Crippen MR) is 353 cm³/mol. The van der Waals surface area contributed by atoms with Gasteiger partial charge in [0, 0.05) is 110 Å². The molecule has 26 nitrogen and oxygen atoms in total. The van der Waals surface area contributed by atoms with Crippen molar-refractivity contribution in [1.29, 1.82) is 0 Å². The van der Waals surface area contributed by atoms with Gasteiger partial charge in [-0.05, 0) is 89.3 Å². The third-order valence-electron chi connectivity index (χ3n) is 16.1. The number of imide groups is 1. The molecule has 0 spiro atoms. The van der Waals surface area contributed by atoms with Crippen LogP contribution in [-0.4, -0.2) is 117 Å². The number of carbonyl (C=O) groups is 4. The van der Waals surface area contributed by atoms with Crippen LogP contribution in [0.5, 0.6) is 0 Å². The van der Waals surface area contributed by atoms with E-state index in [0.717, 1.165) is 50.3 Å². The van der Waals surface area contributed by atoms with Crippen LogP contribution in [-0.2, 0) is 34.3 Å². The van der Waals surface area contributed by atoms with Crippen LogP contribution < -0.4 is 51.4 Å². The molecule has 0 saturated carbocycles. The number of sulfonamides is 2. The fraction of sp³-hybridized carbons (Fsp3) is 0.176. The molecule has 3 aliphatic heterocycles. The number of nitrogens with zero attached hydrogens (tertiary/aromatic N) is 11. The van der Waals surface area contributed by atoms with Crippen LogP contribution in [0.3, 0.4) is 0 Å². The Labute approximate surface area is 604 Å². The van der Waals surface area contributed by atoms with E-state index in [4.69, 9.17) is 15.2 Å². The van der Waals surface area contributed by atoms with E-state index >= 15 is 0 Å². The van der Waals surface area contributed by atoms with Gasteiger partial charge in [-0.3, -0.25) is 34.0 Å². The molecule has 4 aliphatic rings. The maximum Gasteiger partial charge on any atom is 1.00 e. The zero-order valence-electron chi connectivity index (χ0n) is 51.8. The maximum atomic E-state index is 14.2. The molecule has 0 N–H and O–H groups in total. The summed E-state index contributed by atoms with van der Waals surface area (Å²) in [6.45, 7) is -0.742. The van der Waals surface area contributed by atoms with Crippen LogP contribution in [0.2, 0.25) is 0 Å². The Hall–Kier alpha value is -9.85. The van der Waals surface area contributed by atoms with Crippen molar-refractivity contribution in [1.82, 2.24) is 8.61 Å². The number of ketones is 2. The van der Waals surface area contributed by atoms with Crippen molar-refractivity contribution in [3.8, 4) is 23.7 Å². The van der Waals surface area contributed by atoms with Crippen molar-refractivity contribution in [3.63, 3.8) is 0 Å². The molecule has 30 heteroatoms. The molecular formula is C68H52KN11O15S3. The molecule has 2 amide bonds. The Kier molecular flexibility index (Phi) is 23.3. The summed E-state index contributed by atoms with van der Waals surface area (Å²) in [7, 11) is -12.9. The number of nitro benzene ring substituents is 2. The number of hydrogen-bond donors (Lipinski definition) is 0. The van der Waals surface area contributed by atoms with E-state index in [0.29, 0.717) is 33.4 Å². The molecule has 2 fully saturated rings. The van der Waals surface area contributed by atoms with Gasteiger partial charge < -0.3 is 14.9 Å².